The van der Waals surface area contributed by atoms with Crippen molar-refractivity contribution in [1.29, 1.82) is 0 Å². The fourth-order valence-corrected chi connectivity index (χ4v) is 1.94. The van der Waals surface area contributed by atoms with Crippen LogP contribution in [0.4, 0.5) is 0 Å². The van der Waals surface area contributed by atoms with E-state index in [1.54, 1.807) is 6.20 Å². The Labute approximate surface area is 125 Å². The average molecular weight is 290 g/mol. The summed E-state index contributed by atoms with van der Waals surface area (Å²) in [5.41, 5.74) is 1.06. The van der Waals surface area contributed by atoms with Crippen LogP contribution in [0.1, 0.15) is 30.2 Å². The van der Waals surface area contributed by atoms with Crippen molar-refractivity contribution in [2.75, 3.05) is 13.2 Å². The molecule has 1 aromatic carbocycles. The number of oxazole rings is 1. The number of nitrogens with zero attached hydrogens (tertiary/aromatic N) is 1. The number of benzene rings is 1. The molecule has 0 saturated heterocycles. The average Bonchev–Trinajstić information content (AvgIpc) is 2.90. The second-order valence-electron chi connectivity index (χ2n) is 5.17. The van der Waals surface area contributed by atoms with E-state index in [1.807, 2.05) is 45.0 Å². The summed E-state index contributed by atoms with van der Waals surface area (Å²) in [4.78, 5) is 4.16. The lowest BCUT2D eigenvalue weighted by molar-refractivity contribution is 0.103. The van der Waals surface area contributed by atoms with Gasteiger partial charge in [0.15, 0.2) is 0 Å². The maximum Gasteiger partial charge on any atom is 0.211 e. The van der Waals surface area contributed by atoms with Crippen LogP contribution in [-0.2, 0) is 0 Å². The number of aryl methyl sites for hydroxylation is 2. The second kappa shape index (κ2) is 7.24. The quantitative estimate of drug-likeness (QED) is 0.819. The second-order valence-corrected chi connectivity index (χ2v) is 5.17. The standard InChI is InChI=1S/C16H22N2O3/c1-11-6-4-5-7-15(11)20-10-14(19)9-17-13(3)16-18-8-12(2)21-16/h4-8,13-14,17,19H,9-10H2,1-3H3. The number of hydrogen-bond acceptors (Lipinski definition) is 5. The zero-order valence-corrected chi connectivity index (χ0v) is 12.7. The maximum absolute atomic E-state index is 9.96. The number of aromatic nitrogens is 1. The van der Waals surface area contributed by atoms with E-state index >= 15 is 0 Å². The summed E-state index contributed by atoms with van der Waals surface area (Å²) in [5.74, 6) is 2.20. The van der Waals surface area contributed by atoms with Crippen LogP contribution in [0, 0.1) is 13.8 Å². The third-order valence-corrected chi connectivity index (χ3v) is 3.19. The van der Waals surface area contributed by atoms with Gasteiger partial charge in [-0.3, -0.25) is 0 Å². The minimum atomic E-state index is -0.594. The molecule has 2 aromatic rings. The Bertz CT molecular complexity index is 568. The first-order valence-corrected chi connectivity index (χ1v) is 7.08. The first-order valence-electron chi connectivity index (χ1n) is 7.08. The molecule has 5 nitrogen and oxygen atoms in total. The maximum atomic E-state index is 9.96. The normalized spacial score (nSPS) is 13.9. The van der Waals surface area contributed by atoms with Gasteiger partial charge in [-0.05, 0) is 32.4 Å². The minimum Gasteiger partial charge on any atom is -0.491 e. The highest BCUT2D eigenvalue weighted by molar-refractivity contribution is 5.31. The smallest absolute Gasteiger partial charge is 0.211 e. The molecule has 2 rings (SSSR count). The van der Waals surface area contributed by atoms with Crippen molar-refractivity contribution in [3.8, 4) is 5.75 Å². The van der Waals surface area contributed by atoms with Crippen molar-refractivity contribution in [2.45, 2.75) is 32.9 Å². The van der Waals surface area contributed by atoms with Gasteiger partial charge in [0.25, 0.3) is 0 Å². The molecule has 1 heterocycles. The highest BCUT2D eigenvalue weighted by Crippen LogP contribution is 2.16. The van der Waals surface area contributed by atoms with Gasteiger partial charge in [-0.1, -0.05) is 18.2 Å². The molecule has 0 amide bonds. The third-order valence-electron chi connectivity index (χ3n) is 3.19. The van der Waals surface area contributed by atoms with E-state index in [4.69, 9.17) is 9.15 Å². The Morgan fingerprint density at radius 3 is 2.76 bits per heavy atom. The van der Waals surface area contributed by atoms with E-state index in [-0.39, 0.29) is 12.6 Å². The first kappa shape index (κ1) is 15.5. The van der Waals surface area contributed by atoms with Crippen LogP contribution in [-0.4, -0.2) is 29.3 Å². The molecule has 1 aromatic heterocycles. The van der Waals surface area contributed by atoms with Gasteiger partial charge in [-0.2, -0.15) is 0 Å². The van der Waals surface area contributed by atoms with Gasteiger partial charge < -0.3 is 19.6 Å². The summed E-state index contributed by atoms with van der Waals surface area (Å²) in [6, 6.07) is 7.70. The lowest BCUT2D eigenvalue weighted by atomic mass is 10.2. The zero-order valence-electron chi connectivity index (χ0n) is 12.7. The van der Waals surface area contributed by atoms with Gasteiger partial charge in [-0.15, -0.1) is 0 Å². The van der Waals surface area contributed by atoms with Crippen LogP contribution in [0.25, 0.3) is 0 Å². The Kier molecular flexibility index (Phi) is 5.36. The molecule has 2 atom stereocenters. The molecule has 0 aliphatic rings. The topological polar surface area (TPSA) is 67.5 Å². The number of hydrogen-bond donors (Lipinski definition) is 2. The SMILES string of the molecule is Cc1cnc(C(C)NCC(O)COc2ccccc2C)o1. The number of aliphatic hydroxyl groups is 1. The molecule has 0 radical (unpaired) electrons. The summed E-state index contributed by atoms with van der Waals surface area (Å²) in [5, 5.41) is 13.1. The van der Waals surface area contributed by atoms with E-state index in [0.29, 0.717) is 12.4 Å². The largest absolute Gasteiger partial charge is 0.491 e. The van der Waals surface area contributed by atoms with Crippen molar-refractivity contribution in [2.24, 2.45) is 0 Å². The van der Waals surface area contributed by atoms with E-state index in [0.717, 1.165) is 17.1 Å². The predicted molar refractivity (Wildman–Crippen MR) is 80.3 cm³/mol. The van der Waals surface area contributed by atoms with Crippen LogP contribution in [0.3, 0.4) is 0 Å². The Hall–Kier alpha value is -1.85. The molecule has 114 valence electrons. The van der Waals surface area contributed by atoms with Gasteiger partial charge in [0.1, 0.15) is 24.2 Å². The number of rotatable bonds is 7. The highest BCUT2D eigenvalue weighted by Gasteiger charge is 2.13. The number of aliphatic hydroxyl groups excluding tert-OH is 1. The predicted octanol–water partition coefficient (Wildman–Crippen LogP) is 2.38. The van der Waals surface area contributed by atoms with Crippen LogP contribution in [0.5, 0.6) is 5.75 Å². The van der Waals surface area contributed by atoms with E-state index in [9.17, 15) is 5.11 Å². The van der Waals surface area contributed by atoms with Crippen LogP contribution in [0.2, 0.25) is 0 Å². The molecule has 2 N–H and O–H groups in total. The fourth-order valence-electron chi connectivity index (χ4n) is 1.94. The highest BCUT2D eigenvalue weighted by atomic mass is 16.5. The Morgan fingerprint density at radius 2 is 2.10 bits per heavy atom. The molecule has 0 spiro atoms. The Balaban J connectivity index is 1.75. The van der Waals surface area contributed by atoms with E-state index in [2.05, 4.69) is 10.3 Å². The molecular formula is C16H22N2O3. The van der Waals surface area contributed by atoms with E-state index < -0.39 is 6.10 Å². The molecule has 0 saturated carbocycles. The van der Waals surface area contributed by atoms with Crippen molar-refractivity contribution in [3.05, 3.63) is 47.7 Å². The van der Waals surface area contributed by atoms with Crippen LogP contribution in [0.15, 0.2) is 34.9 Å². The molecular weight excluding hydrogens is 268 g/mol. The molecule has 0 aliphatic carbocycles. The molecule has 0 aliphatic heterocycles. The van der Waals surface area contributed by atoms with Crippen molar-refractivity contribution >= 4 is 0 Å². The molecule has 5 heteroatoms. The van der Waals surface area contributed by atoms with Gasteiger partial charge in [0.2, 0.25) is 5.89 Å². The summed E-state index contributed by atoms with van der Waals surface area (Å²) < 4.78 is 11.0. The zero-order chi connectivity index (χ0) is 15.2. The summed E-state index contributed by atoms with van der Waals surface area (Å²) >= 11 is 0. The molecule has 2 unspecified atom stereocenters. The van der Waals surface area contributed by atoms with Crippen molar-refractivity contribution in [3.63, 3.8) is 0 Å². The van der Waals surface area contributed by atoms with Gasteiger partial charge in [-0.25, -0.2) is 4.98 Å². The Morgan fingerprint density at radius 1 is 1.33 bits per heavy atom. The summed E-state index contributed by atoms with van der Waals surface area (Å²) in [7, 11) is 0. The first-order chi connectivity index (χ1) is 10.1. The number of para-hydroxylation sites is 1. The number of nitrogens with one attached hydrogen (secondary N) is 1. The molecule has 0 fully saturated rings. The van der Waals surface area contributed by atoms with Gasteiger partial charge in [0, 0.05) is 6.54 Å². The monoisotopic (exact) mass is 290 g/mol. The lowest BCUT2D eigenvalue weighted by Gasteiger charge is -2.16. The van der Waals surface area contributed by atoms with Crippen LogP contribution < -0.4 is 10.1 Å². The van der Waals surface area contributed by atoms with Crippen LogP contribution >= 0.6 is 0 Å². The third kappa shape index (κ3) is 4.58. The summed E-state index contributed by atoms with van der Waals surface area (Å²) in [6.45, 7) is 6.44. The molecule has 0 bridgehead atoms. The van der Waals surface area contributed by atoms with Crippen molar-refractivity contribution in [1.82, 2.24) is 10.3 Å². The van der Waals surface area contributed by atoms with Gasteiger partial charge in [0.05, 0.1) is 12.2 Å². The number of ether oxygens (including phenoxy) is 1. The van der Waals surface area contributed by atoms with Crippen molar-refractivity contribution < 1.29 is 14.3 Å². The van der Waals surface area contributed by atoms with E-state index in [1.165, 1.54) is 0 Å². The van der Waals surface area contributed by atoms with Gasteiger partial charge >= 0.3 is 0 Å². The fraction of sp³-hybridized carbons (Fsp3) is 0.438. The minimum absolute atomic E-state index is 0.0492. The lowest BCUT2D eigenvalue weighted by Crippen LogP contribution is -2.33. The molecule has 21 heavy (non-hydrogen) atoms. The summed E-state index contributed by atoms with van der Waals surface area (Å²) in [6.07, 6.45) is 1.09.